The predicted octanol–water partition coefficient (Wildman–Crippen LogP) is 3.79. The summed E-state index contributed by atoms with van der Waals surface area (Å²) in [4.78, 5) is 4.71. The van der Waals surface area contributed by atoms with E-state index in [9.17, 15) is 0 Å². The Hall–Kier alpha value is -1.26. The first kappa shape index (κ1) is 11.8. The molecule has 0 amide bonds. The van der Waals surface area contributed by atoms with Crippen molar-refractivity contribution in [1.82, 2.24) is 4.98 Å². The second-order valence-corrected chi connectivity index (χ2v) is 5.82. The lowest BCUT2D eigenvalue weighted by Gasteiger charge is -2.01. The number of benzene rings is 1. The first-order valence-corrected chi connectivity index (χ1v) is 7.22. The van der Waals surface area contributed by atoms with Gasteiger partial charge in [-0.1, -0.05) is 29.0 Å². The van der Waals surface area contributed by atoms with Crippen molar-refractivity contribution in [2.45, 2.75) is 19.3 Å². The number of nitrogen functional groups attached to an aromatic ring is 1. The highest BCUT2D eigenvalue weighted by Crippen LogP contribution is 2.35. The molecule has 1 aromatic heterocycles. The highest BCUT2D eigenvalue weighted by Gasteiger charge is 2.15. The summed E-state index contributed by atoms with van der Waals surface area (Å²) in [7, 11) is 0. The fourth-order valence-corrected chi connectivity index (χ4v) is 3.23. The Morgan fingerprint density at radius 3 is 3.06 bits per heavy atom. The average Bonchev–Trinajstić information content (AvgIpc) is 2.64. The van der Waals surface area contributed by atoms with Gasteiger partial charge in [0.2, 0.25) is 0 Å². The van der Waals surface area contributed by atoms with Gasteiger partial charge in [-0.15, -0.1) is 0 Å². The fraction of sp³-hybridized carbons (Fsp3) is 0.308. The van der Waals surface area contributed by atoms with Gasteiger partial charge in [0.15, 0.2) is 0 Å². The molecule has 1 aliphatic heterocycles. The third-order valence-electron chi connectivity index (χ3n) is 3.07. The van der Waals surface area contributed by atoms with Crippen molar-refractivity contribution in [3.8, 4) is 10.6 Å². The van der Waals surface area contributed by atoms with Crippen molar-refractivity contribution in [1.29, 1.82) is 0 Å². The molecule has 0 saturated heterocycles. The number of fused-ring (bicyclic) bond motifs is 1. The minimum absolute atomic E-state index is 0.593. The minimum Gasteiger partial charge on any atom is -0.398 e. The van der Waals surface area contributed by atoms with Gasteiger partial charge in [0.05, 0.1) is 16.4 Å². The van der Waals surface area contributed by atoms with E-state index in [1.807, 2.05) is 18.2 Å². The Kier molecular flexibility index (Phi) is 3.14. The highest BCUT2D eigenvalue weighted by atomic mass is 35.5. The molecule has 0 saturated carbocycles. The van der Waals surface area contributed by atoms with Gasteiger partial charge < -0.3 is 11.1 Å². The molecule has 1 aromatic carbocycles. The molecule has 0 bridgehead atoms. The van der Waals surface area contributed by atoms with Crippen molar-refractivity contribution in [3.63, 3.8) is 0 Å². The second kappa shape index (κ2) is 4.78. The summed E-state index contributed by atoms with van der Waals surface area (Å²) in [5.41, 5.74) is 8.66. The molecule has 0 radical (unpaired) electrons. The Bertz CT molecular complexity index is 556. The number of anilines is 2. The maximum absolute atomic E-state index is 5.94. The highest BCUT2D eigenvalue weighted by molar-refractivity contribution is 7.19. The number of hydrogen-bond donors (Lipinski definition) is 2. The molecule has 5 heteroatoms. The maximum Gasteiger partial charge on any atom is 0.125 e. The number of aryl methyl sites for hydroxylation is 1. The van der Waals surface area contributed by atoms with Gasteiger partial charge in [-0.3, -0.25) is 0 Å². The van der Waals surface area contributed by atoms with Crippen LogP contribution in [0.25, 0.3) is 10.6 Å². The van der Waals surface area contributed by atoms with E-state index in [4.69, 9.17) is 22.3 Å². The van der Waals surface area contributed by atoms with Crippen molar-refractivity contribution >= 4 is 33.6 Å². The van der Waals surface area contributed by atoms with E-state index in [0.29, 0.717) is 10.7 Å². The van der Waals surface area contributed by atoms with E-state index in [0.717, 1.165) is 23.5 Å². The Labute approximate surface area is 115 Å². The van der Waals surface area contributed by atoms with Crippen LogP contribution in [0.3, 0.4) is 0 Å². The van der Waals surface area contributed by atoms with E-state index in [2.05, 4.69) is 5.32 Å². The summed E-state index contributed by atoms with van der Waals surface area (Å²) < 4.78 is 0. The fourth-order valence-electron chi connectivity index (χ4n) is 2.08. The summed E-state index contributed by atoms with van der Waals surface area (Å²) in [5.74, 6) is 0. The van der Waals surface area contributed by atoms with Crippen LogP contribution in [0.15, 0.2) is 18.2 Å². The molecule has 3 nitrogen and oxygen atoms in total. The quantitative estimate of drug-likeness (QED) is 0.781. The minimum atomic E-state index is 0.593. The zero-order valence-corrected chi connectivity index (χ0v) is 11.4. The molecule has 0 atom stereocenters. The standard InChI is InChI=1S/C13H14ClN3S/c14-9-5-4-8(7-10(9)15)12-17-11-3-1-2-6-16-13(11)18-12/h4-5,7,16H,1-3,6,15H2. The number of rotatable bonds is 1. The molecule has 2 heterocycles. The molecule has 1 aliphatic rings. The first-order valence-electron chi connectivity index (χ1n) is 6.03. The third kappa shape index (κ3) is 2.18. The van der Waals surface area contributed by atoms with Gasteiger partial charge in [0.1, 0.15) is 10.0 Å². The lowest BCUT2D eigenvalue weighted by Crippen LogP contribution is -1.96. The van der Waals surface area contributed by atoms with Crippen molar-refractivity contribution < 1.29 is 0 Å². The molecule has 2 aromatic rings. The first-order chi connectivity index (χ1) is 8.74. The normalized spacial score (nSPS) is 14.7. The third-order valence-corrected chi connectivity index (χ3v) is 4.51. The van der Waals surface area contributed by atoms with E-state index in [1.165, 1.54) is 23.5 Å². The summed E-state index contributed by atoms with van der Waals surface area (Å²) in [6.07, 6.45) is 3.47. The van der Waals surface area contributed by atoms with Gasteiger partial charge in [0, 0.05) is 12.1 Å². The number of nitrogens with one attached hydrogen (secondary N) is 1. The number of halogens is 1. The summed E-state index contributed by atoms with van der Waals surface area (Å²) in [6, 6.07) is 5.68. The van der Waals surface area contributed by atoms with E-state index in [1.54, 1.807) is 11.3 Å². The summed E-state index contributed by atoms with van der Waals surface area (Å²) in [6.45, 7) is 1.04. The van der Waals surface area contributed by atoms with Gasteiger partial charge in [-0.25, -0.2) is 4.98 Å². The van der Waals surface area contributed by atoms with Crippen molar-refractivity contribution in [2.75, 3.05) is 17.6 Å². The van der Waals surface area contributed by atoms with Crippen LogP contribution in [0.5, 0.6) is 0 Å². The number of hydrogen-bond acceptors (Lipinski definition) is 4. The van der Waals surface area contributed by atoms with Crippen LogP contribution >= 0.6 is 22.9 Å². The molecule has 3 rings (SSSR count). The molecule has 18 heavy (non-hydrogen) atoms. The molecule has 94 valence electrons. The molecular weight excluding hydrogens is 266 g/mol. The number of thiazole rings is 1. The Balaban J connectivity index is 1.99. The van der Waals surface area contributed by atoms with E-state index in [-0.39, 0.29) is 0 Å². The van der Waals surface area contributed by atoms with Crippen LogP contribution in [0.2, 0.25) is 5.02 Å². The molecule has 0 fully saturated rings. The molecule has 0 spiro atoms. The monoisotopic (exact) mass is 279 g/mol. The van der Waals surface area contributed by atoms with Crippen LogP contribution in [-0.4, -0.2) is 11.5 Å². The van der Waals surface area contributed by atoms with Gasteiger partial charge in [-0.05, 0) is 31.4 Å². The number of aromatic nitrogens is 1. The van der Waals surface area contributed by atoms with Gasteiger partial charge in [0.25, 0.3) is 0 Å². The van der Waals surface area contributed by atoms with Crippen LogP contribution in [0.4, 0.5) is 10.7 Å². The second-order valence-electron chi connectivity index (χ2n) is 4.42. The van der Waals surface area contributed by atoms with E-state index < -0.39 is 0 Å². The van der Waals surface area contributed by atoms with Crippen LogP contribution in [0.1, 0.15) is 18.5 Å². The summed E-state index contributed by atoms with van der Waals surface area (Å²) in [5, 5.41) is 6.25. The molecule has 3 N–H and O–H groups in total. The van der Waals surface area contributed by atoms with Crippen molar-refractivity contribution in [2.24, 2.45) is 0 Å². The molecule has 0 unspecified atom stereocenters. The van der Waals surface area contributed by atoms with Crippen LogP contribution in [-0.2, 0) is 6.42 Å². The number of nitrogens with zero attached hydrogens (tertiary/aromatic N) is 1. The van der Waals surface area contributed by atoms with E-state index >= 15 is 0 Å². The van der Waals surface area contributed by atoms with Crippen LogP contribution in [0, 0.1) is 0 Å². The molecule has 0 aliphatic carbocycles. The zero-order chi connectivity index (χ0) is 12.5. The average molecular weight is 280 g/mol. The topological polar surface area (TPSA) is 50.9 Å². The SMILES string of the molecule is Nc1cc(-c2nc3c(s2)NCCCC3)ccc1Cl. The zero-order valence-electron chi connectivity index (χ0n) is 9.87. The summed E-state index contributed by atoms with van der Waals surface area (Å²) >= 11 is 7.63. The lowest BCUT2D eigenvalue weighted by atomic mass is 10.2. The smallest absolute Gasteiger partial charge is 0.125 e. The van der Waals surface area contributed by atoms with Gasteiger partial charge in [-0.2, -0.15) is 0 Å². The number of nitrogens with two attached hydrogens (primary N) is 1. The molecular formula is C13H14ClN3S. The Morgan fingerprint density at radius 1 is 1.33 bits per heavy atom. The van der Waals surface area contributed by atoms with Crippen molar-refractivity contribution in [3.05, 3.63) is 28.9 Å². The largest absolute Gasteiger partial charge is 0.398 e. The predicted molar refractivity (Wildman–Crippen MR) is 78.4 cm³/mol. The van der Waals surface area contributed by atoms with Gasteiger partial charge >= 0.3 is 0 Å². The Morgan fingerprint density at radius 2 is 2.22 bits per heavy atom. The maximum atomic E-state index is 5.94. The van der Waals surface area contributed by atoms with Crippen LogP contribution < -0.4 is 11.1 Å². The lowest BCUT2D eigenvalue weighted by molar-refractivity contribution is 0.775.